The van der Waals surface area contributed by atoms with E-state index in [1.165, 1.54) is 6.92 Å². The lowest BCUT2D eigenvalue weighted by molar-refractivity contribution is 0.165. The average Bonchev–Trinajstić information content (AvgIpc) is 1.84. The molecule has 13 heavy (non-hydrogen) atoms. The SMILES string of the molecule is CCOP(=O)(OC)OP(=O)(O)O.N. The van der Waals surface area contributed by atoms with Gasteiger partial charge in [0.1, 0.15) is 0 Å². The van der Waals surface area contributed by atoms with Crippen LogP contribution in [0.3, 0.4) is 0 Å². The van der Waals surface area contributed by atoms with Gasteiger partial charge in [-0.15, -0.1) is 0 Å². The topological polar surface area (TPSA) is 137 Å². The maximum Gasteiger partial charge on any atom is 0.483 e. The average molecular weight is 237 g/mol. The maximum atomic E-state index is 11.0. The van der Waals surface area contributed by atoms with Gasteiger partial charge in [-0.25, -0.2) is 9.13 Å². The van der Waals surface area contributed by atoms with Crippen LogP contribution in [-0.2, 0) is 22.5 Å². The van der Waals surface area contributed by atoms with Gasteiger partial charge < -0.3 is 15.9 Å². The Morgan fingerprint density at radius 1 is 1.31 bits per heavy atom. The molecule has 0 aromatic heterocycles. The van der Waals surface area contributed by atoms with Gasteiger partial charge in [0.2, 0.25) is 0 Å². The van der Waals surface area contributed by atoms with E-state index in [-0.39, 0.29) is 12.8 Å². The molecule has 0 spiro atoms. The van der Waals surface area contributed by atoms with Gasteiger partial charge in [0, 0.05) is 7.11 Å². The van der Waals surface area contributed by atoms with Crippen LogP contribution in [0.15, 0.2) is 0 Å². The Morgan fingerprint density at radius 2 is 1.77 bits per heavy atom. The predicted octanol–water partition coefficient (Wildman–Crippen LogP) is 1.05. The minimum absolute atomic E-state index is 0. The number of hydrogen-bond donors (Lipinski definition) is 3. The minimum atomic E-state index is -4.85. The van der Waals surface area contributed by atoms with Crippen LogP contribution in [0.2, 0.25) is 0 Å². The number of phosphoric acid groups is 2. The van der Waals surface area contributed by atoms with E-state index in [0.717, 1.165) is 7.11 Å². The number of rotatable bonds is 5. The van der Waals surface area contributed by atoms with E-state index in [9.17, 15) is 9.13 Å². The molecule has 0 fully saturated rings. The molecule has 8 nitrogen and oxygen atoms in total. The highest BCUT2D eigenvalue weighted by Crippen LogP contribution is 2.60. The molecule has 0 aliphatic rings. The van der Waals surface area contributed by atoms with Crippen LogP contribution in [0.5, 0.6) is 0 Å². The zero-order valence-electron chi connectivity index (χ0n) is 7.24. The Labute approximate surface area is 75.6 Å². The molecule has 0 saturated heterocycles. The van der Waals surface area contributed by atoms with Gasteiger partial charge in [-0.3, -0.25) is 9.05 Å². The Balaban J connectivity index is 0. The normalized spacial score (nSPS) is 16.0. The highest BCUT2D eigenvalue weighted by atomic mass is 31.3. The van der Waals surface area contributed by atoms with E-state index in [1.807, 2.05) is 0 Å². The largest absolute Gasteiger partial charge is 0.483 e. The van der Waals surface area contributed by atoms with Crippen molar-refractivity contribution in [1.82, 2.24) is 6.15 Å². The maximum absolute atomic E-state index is 11.0. The van der Waals surface area contributed by atoms with Crippen molar-refractivity contribution >= 4 is 15.6 Å². The van der Waals surface area contributed by atoms with Gasteiger partial charge in [0.25, 0.3) is 0 Å². The summed E-state index contributed by atoms with van der Waals surface area (Å²) >= 11 is 0. The first kappa shape index (κ1) is 15.7. The Morgan fingerprint density at radius 3 is 2.00 bits per heavy atom. The molecule has 0 aliphatic carbocycles. The molecule has 0 aromatic rings. The fourth-order valence-electron chi connectivity index (χ4n) is 0.398. The summed E-state index contributed by atoms with van der Waals surface area (Å²) in [6.45, 7) is 1.44. The van der Waals surface area contributed by atoms with E-state index < -0.39 is 15.6 Å². The summed E-state index contributed by atoms with van der Waals surface area (Å²) in [5.74, 6) is 0. The van der Waals surface area contributed by atoms with Crippen molar-refractivity contribution in [2.24, 2.45) is 0 Å². The van der Waals surface area contributed by atoms with Crippen molar-refractivity contribution in [2.45, 2.75) is 6.92 Å². The summed E-state index contributed by atoms with van der Waals surface area (Å²) in [5, 5.41) is 0. The summed E-state index contributed by atoms with van der Waals surface area (Å²) in [7, 11) is -7.97. The lowest BCUT2D eigenvalue weighted by Crippen LogP contribution is -1.95. The smallest absolute Gasteiger partial charge is 0.344 e. The molecule has 0 aliphatic heterocycles. The molecule has 0 saturated carbocycles. The van der Waals surface area contributed by atoms with Crippen LogP contribution < -0.4 is 6.15 Å². The fraction of sp³-hybridized carbons (Fsp3) is 1.00. The van der Waals surface area contributed by atoms with E-state index >= 15 is 0 Å². The molecular formula is C3H13NO7P2. The van der Waals surface area contributed by atoms with Gasteiger partial charge in [-0.1, -0.05) is 0 Å². The van der Waals surface area contributed by atoms with Crippen molar-refractivity contribution in [1.29, 1.82) is 0 Å². The van der Waals surface area contributed by atoms with Crippen LogP contribution in [0.25, 0.3) is 0 Å². The van der Waals surface area contributed by atoms with Crippen LogP contribution >= 0.6 is 15.6 Å². The second-order valence-corrected chi connectivity index (χ2v) is 4.77. The predicted molar refractivity (Wildman–Crippen MR) is 44.4 cm³/mol. The van der Waals surface area contributed by atoms with E-state index in [2.05, 4.69) is 13.4 Å². The van der Waals surface area contributed by atoms with Gasteiger partial charge in [-0.05, 0) is 6.92 Å². The zero-order valence-corrected chi connectivity index (χ0v) is 9.03. The lowest BCUT2D eigenvalue weighted by Gasteiger charge is -2.14. The second kappa shape index (κ2) is 5.85. The minimum Gasteiger partial charge on any atom is -0.344 e. The molecule has 82 valence electrons. The molecule has 0 heterocycles. The molecule has 0 amide bonds. The van der Waals surface area contributed by atoms with E-state index in [0.29, 0.717) is 0 Å². The van der Waals surface area contributed by atoms with Crippen LogP contribution in [0.1, 0.15) is 6.92 Å². The van der Waals surface area contributed by atoms with Crippen molar-refractivity contribution < 1.29 is 32.3 Å². The molecule has 0 aromatic carbocycles. The summed E-state index contributed by atoms with van der Waals surface area (Å²) in [6.07, 6.45) is 0. The third kappa shape index (κ3) is 7.30. The second-order valence-electron chi connectivity index (χ2n) is 1.62. The van der Waals surface area contributed by atoms with Gasteiger partial charge in [-0.2, -0.15) is 4.31 Å². The molecule has 10 heteroatoms. The fourth-order valence-corrected chi connectivity index (χ4v) is 2.32. The molecule has 0 bridgehead atoms. The van der Waals surface area contributed by atoms with Crippen LogP contribution in [0.4, 0.5) is 0 Å². The third-order valence-electron chi connectivity index (χ3n) is 0.717. The Bertz CT molecular complexity index is 224. The monoisotopic (exact) mass is 237 g/mol. The molecule has 0 radical (unpaired) electrons. The standard InChI is InChI=1S/C3H10O7P2.H3N/c1-3-9-12(7,8-2)10-11(4,5)6;/h3H2,1-2H3,(H2,4,5,6);1H3. The molecule has 0 rings (SSSR count). The number of hydrogen-bond acceptors (Lipinski definition) is 6. The summed E-state index contributed by atoms with van der Waals surface area (Å²) in [4.78, 5) is 16.5. The first-order valence-corrected chi connectivity index (χ1v) is 5.89. The summed E-state index contributed by atoms with van der Waals surface area (Å²) in [5.41, 5.74) is 0. The van der Waals surface area contributed by atoms with Gasteiger partial charge in [0.05, 0.1) is 6.61 Å². The zero-order chi connectivity index (χ0) is 9.83. The highest BCUT2D eigenvalue weighted by Gasteiger charge is 2.34. The molecule has 1 unspecified atom stereocenters. The third-order valence-corrected chi connectivity index (χ3v) is 3.39. The molecular weight excluding hydrogens is 224 g/mol. The van der Waals surface area contributed by atoms with Crippen LogP contribution in [-0.4, -0.2) is 23.5 Å². The lowest BCUT2D eigenvalue weighted by atomic mass is 10.9. The summed E-state index contributed by atoms with van der Waals surface area (Å²) in [6, 6.07) is 0. The quantitative estimate of drug-likeness (QED) is 0.603. The van der Waals surface area contributed by atoms with Crippen LogP contribution in [0, 0.1) is 0 Å². The van der Waals surface area contributed by atoms with E-state index in [4.69, 9.17) is 9.79 Å². The van der Waals surface area contributed by atoms with Gasteiger partial charge >= 0.3 is 15.6 Å². The Hall–Kier alpha value is 0.220. The highest BCUT2D eigenvalue weighted by molar-refractivity contribution is 7.61. The Kier molecular flexibility index (Phi) is 7.05. The van der Waals surface area contributed by atoms with Crippen molar-refractivity contribution in [3.8, 4) is 0 Å². The first-order chi connectivity index (χ1) is 5.33. The van der Waals surface area contributed by atoms with E-state index in [1.54, 1.807) is 0 Å². The molecule has 1 atom stereocenters. The first-order valence-electron chi connectivity index (χ1n) is 2.90. The van der Waals surface area contributed by atoms with Gasteiger partial charge in [0.15, 0.2) is 0 Å². The molecule has 5 N–H and O–H groups in total. The number of phosphoric ester groups is 1. The van der Waals surface area contributed by atoms with Crippen molar-refractivity contribution in [3.05, 3.63) is 0 Å². The summed E-state index contributed by atoms with van der Waals surface area (Å²) < 4.78 is 33.6. The van der Waals surface area contributed by atoms with Crippen molar-refractivity contribution in [3.63, 3.8) is 0 Å². The van der Waals surface area contributed by atoms with Crippen molar-refractivity contribution in [2.75, 3.05) is 13.7 Å².